The normalized spacial score (nSPS) is 23.9. The predicted molar refractivity (Wildman–Crippen MR) is 65.9 cm³/mol. The lowest BCUT2D eigenvalue weighted by Crippen LogP contribution is -2.42. The molecule has 1 rings (SSSR count). The van der Waals surface area contributed by atoms with Crippen molar-refractivity contribution in [2.45, 2.75) is 6.92 Å². The highest BCUT2D eigenvalue weighted by molar-refractivity contribution is 5.79. The molecule has 1 aliphatic rings. The first-order valence-electron chi connectivity index (χ1n) is 6.18. The molecule has 2 atom stereocenters. The van der Waals surface area contributed by atoms with Gasteiger partial charge in [-0.15, -0.1) is 0 Å². The van der Waals surface area contributed by atoms with Crippen molar-refractivity contribution in [1.29, 1.82) is 0 Å². The van der Waals surface area contributed by atoms with Crippen molar-refractivity contribution in [3.63, 3.8) is 0 Å². The molecule has 0 spiro atoms. The monoisotopic (exact) mass is 244 g/mol. The number of carbonyl (C=O) groups is 1. The molecule has 0 aliphatic carbocycles. The van der Waals surface area contributed by atoms with E-state index < -0.39 is 0 Å². The maximum atomic E-state index is 12.3. The van der Waals surface area contributed by atoms with Crippen LogP contribution in [0.2, 0.25) is 0 Å². The molecule has 2 unspecified atom stereocenters. The van der Waals surface area contributed by atoms with Gasteiger partial charge in [0.05, 0.1) is 19.1 Å². The molecule has 1 amide bonds. The molecule has 1 aliphatic heterocycles. The zero-order chi connectivity index (χ0) is 12.7. The Labute approximate surface area is 103 Å². The van der Waals surface area contributed by atoms with E-state index in [1.54, 1.807) is 14.2 Å². The van der Waals surface area contributed by atoms with Gasteiger partial charge in [0.15, 0.2) is 0 Å². The molecule has 1 N–H and O–H groups in total. The van der Waals surface area contributed by atoms with E-state index in [1.165, 1.54) is 0 Å². The van der Waals surface area contributed by atoms with Crippen molar-refractivity contribution in [1.82, 2.24) is 10.2 Å². The summed E-state index contributed by atoms with van der Waals surface area (Å²) in [5, 5.41) is 3.26. The minimum absolute atomic E-state index is 0.101. The van der Waals surface area contributed by atoms with E-state index in [4.69, 9.17) is 9.47 Å². The molecule has 1 saturated heterocycles. The maximum Gasteiger partial charge on any atom is 0.227 e. The maximum absolute atomic E-state index is 12.3. The van der Waals surface area contributed by atoms with Crippen molar-refractivity contribution >= 4 is 5.91 Å². The third-order valence-electron chi connectivity index (χ3n) is 3.28. The van der Waals surface area contributed by atoms with E-state index in [1.807, 2.05) is 4.90 Å². The summed E-state index contributed by atoms with van der Waals surface area (Å²) in [7, 11) is 3.30. The molecule has 0 radical (unpaired) electrons. The summed E-state index contributed by atoms with van der Waals surface area (Å²) in [5.41, 5.74) is 0. The summed E-state index contributed by atoms with van der Waals surface area (Å²) in [4.78, 5) is 14.2. The summed E-state index contributed by atoms with van der Waals surface area (Å²) < 4.78 is 10.1. The average Bonchev–Trinajstić information content (AvgIpc) is 2.75. The number of ether oxygens (including phenoxy) is 2. The Morgan fingerprint density at radius 1 is 1.24 bits per heavy atom. The van der Waals surface area contributed by atoms with E-state index in [0.29, 0.717) is 32.2 Å². The fourth-order valence-corrected chi connectivity index (χ4v) is 2.11. The lowest BCUT2D eigenvalue weighted by molar-refractivity contribution is -0.137. The highest BCUT2D eigenvalue weighted by Gasteiger charge is 2.32. The number of hydrogen-bond donors (Lipinski definition) is 1. The molecule has 100 valence electrons. The van der Waals surface area contributed by atoms with Gasteiger partial charge in [-0.05, 0) is 12.5 Å². The first-order chi connectivity index (χ1) is 8.20. The Balaban J connectivity index is 2.51. The minimum atomic E-state index is 0.101. The van der Waals surface area contributed by atoms with Crippen LogP contribution in [0.5, 0.6) is 0 Å². The molecule has 17 heavy (non-hydrogen) atoms. The summed E-state index contributed by atoms with van der Waals surface area (Å²) >= 11 is 0. The number of amides is 1. The first-order valence-corrected chi connectivity index (χ1v) is 6.18. The van der Waals surface area contributed by atoms with Crippen LogP contribution in [0, 0.1) is 11.8 Å². The second-order valence-electron chi connectivity index (χ2n) is 4.55. The molecule has 5 nitrogen and oxygen atoms in total. The van der Waals surface area contributed by atoms with Crippen LogP contribution in [-0.2, 0) is 14.3 Å². The van der Waals surface area contributed by atoms with E-state index in [0.717, 1.165) is 13.1 Å². The summed E-state index contributed by atoms with van der Waals surface area (Å²) in [6, 6.07) is 0. The van der Waals surface area contributed by atoms with Crippen LogP contribution in [-0.4, -0.2) is 64.4 Å². The van der Waals surface area contributed by atoms with Crippen LogP contribution in [0.1, 0.15) is 6.92 Å². The molecule has 1 fully saturated rings. The van der Waals surface area contributed by atoms with Crippen LogP contribution in [0.4, 0.5) is 0 Å². The van der Waals surface area contributed by atoms with Crippen LogP contribution in [0.3, 0.4) is 0 Å². The van der Waals surface area contributed by atoms with Crippen molar-refractivity contribution in [3.8, 4) is 0 Å². The van der Waals surface area contributed by atoms with Crippen LogP contribution >= 0.6 is 0 Å². The molecule has 0 aromatic rings. The largest absolute Gasteiger partial charge is 0.383 e. The quantitative estimate of drug-likeness (QED) is 0.683. The molecule has 0 saturated carbocycles. The van der Waals surface area contributed by atoms with E-state index >= 15 is 0 Å². The number of nitrogens with zero attached hydrogens (tertiary/aromatic N) is 1. The molecule has 5 heteroatoms. The molecular formula is C12H24N2O3. The third-order valence-corrected chi connectivity index (χ3v) is 3.28. The fourth-order valence-electron chi connectivity index (χ4n) is 2.11. The number of methoxy groups -OCH3 is 2. The van der Waals surface area contributed by atoms with Gasteiger partial charge >= 0.3 is 0 Å². The van der Waals surface area contributed by atoms with Crippen LogP contribution < -0.4 is 5.32 Å². The standard InChI is InChI=1S/C12H24N2O3/c1-10-8-13-9-11(10)12(15)14(4-6-16-2)5-7-17-3/h10-11,13H,4-9H2,1-3H3. The molecule has 0 aromatic carbocycles. The zero-order valence-electron chi connectivity index (χ0n) is 11.1. The van der Waals surface area contributed by atoms with Gasteiger partial charge in [0.2, 0.25) is 5.91 Å². The Morgan fingerprint density at radius 2 is 1.82 bits per heavy atom. The van der Waals surface area contributed by atoms with E-state index in [-0.39, 0.29) is 11.8 Å². The van der Waals surface area contributed by atoms with Gasteiger partial charge in [-0.2, -0.15) is 0 Å². The molecule has 0 bridgehead atoms. The van der Waals surface area contributed by atoms with Gasteiger partial charge in [0.1, 0.15) is 0 Å². The van der Waals surface area contributed by atoms with Crippen molar-refractivity contribution in [3.05, 3.63) is 0 Å². The van der Waals surface area contributed by atoms with Crippen molar-refractivity contribution < 1.29 is 14.3 Å². The average molecular weight is 244 g/mol. The Hall–Kier alpha value is -0.650. The minimum Gasteiger partial charge on any atom is -0.383 e. The second kappa shape index (κ2) is 7.63. The molecule has 1 heterocycles. The number of nitrogens with one attached hydrogen (secondary N) is 1. The van der Waals surface area contributed by atoms with Crippen molar-refractivity contribution in [2.24, 2.45) is 11.8 Å². The zero-order valence-corrected chi connectivity index (χ0v) is 11.1. The van der Waals surface area contributed by atoms with Crippen molar-refractivity contribution in [2.75, 3.05) is 53.6 Å². The first kappa shape index (κ1) is 14.4. The Morgan fingerprint density at radius 3 is 2.24 bits per heavy atom. The SMILES string of the molecule is COCCN(CCOC)C(=O)C1CNCC1C. The Kier molecular flexibility index (Phi) is 6.47. The van der Waals surface area contributed by atoms with Crippen LogP contribution in [0.25, 0.3) is 0 Å². The molecule has 0 aromatic heterocycles. The van der Waals surface area contributed by atoms with E-state index in [2.05, 4.69) is 12.2 Å². The predicted octanol–water partition coefficient (Wildman–Crippen LogP) is -0.0367. The summed E-state index contributed by atoms with van der Waals surface area (Å²) in [5.74, 6) is 0.732. The van der Waals surface area contributed by atoms with Gasteiger partial charge < -0.3 is 19.7 Å². The lowest BCUT2D eigenvalue weighted by atomic mass is 9.96. The van der Waals surface area contributed by atoms with Gasteiger partial charge in [-0.25, -0.2) is 0 Å². The third kappa shape index (κ3) is 4.26. The summed E-state index contributed by atoms with van der Waals surface area (Å²) in [6.07, 6.45) is 0. The molecular weight excluding hydrogens is 220 g/mol. The van der Waals surface area contributed by atoms with Crippen LogP contribution in [0.15, 0.2) is 0 Å². The van der Waals surface area contributed by atoms with Gasteiger partial charge in [-0.1, -0.05) is 6.92 Å². The summed E-state index contributed by atoms with van der Waals surface area (Å²) in [6.45, 7) is 6.26. The highest BCUT2D eigenvalue weighted by Crippen LogP contribution is 2.18. The van der Waals surface area contributed by atoms with Gasteiger partial charge in [0.25, 0.3) is 0 Å². The second-order valence-corrected chi connectivity index (χ2v) is 4.55. The number of hydrogen-bond acceptors (Lipinski definition) is 4. The lowest BCUT2D eigenvalue weighted by Gasteiger charge is -2.26. The van der Waals surface area contributed by atoms with E-state index in [9.17, 15) is 4.79 Å². The fraction of sp³-hybridized carbons (Fsp3) is 0.917. The van der Waals surface area contributed by atoms with Gasteiger partial charge in [-0.3, -0.25) is 4.79 Å². The topological polar surface area (TPSA) is 50.8 Å². The number of carbonyl (C=O) groups excluding carboxylic acids is 1. The Bertz CT molecular complexity index is 228. The van der Waals surface area contributed by atoms with Gasteiger partial charge in [0, 0.05) is 33.9 Å². The highest BCUT2D eigenvalue weighted by atomic mass is 16.5. The smallest absolute Gasteiger partial charge is 0.227 e. The number of rotatable bonds is 7.